The highest BCUT2D eigenvalue weighted by molar-refractivity contribution is 5.84. The number of methoxy groups -OCH3 is 1. The molecule has 2 fully saturated rings. The van der Waals surface area contributed by atoms with E-state index in [1.165, 1.54) is 7.11 Å². The van der Waals surface area contributed by atoms with E-state index in [2.05, 4.69) is 10.1 Å². The zero-order valence-corrected chi connectivity index (χ0v) is 12.6. The Kier molecular flexibility index (Phi) is 4.51. The van der Waals surface area contributed by atoms with Gasteiger partial charge in [-0.1, -0.05) is 0 Å². The van der Waals surface area contributed by atoms with Crippen molar-refractivity contribution in [1.29, 1.82) is 0 Å². The first kappa shape index (κ1) is 15.8. The number of nitrogens with one attached hydrogen (secondary N) is 1. The van der Waals surface area contributed by atoms with Gasteiger partial charge < -0.3 is 20.7 Å². The number of hydrogen-bond acceptors (Lipinski definition) is 5. The van der Waals surface area contributed by atoms with E-state index in [1.54, 1.807) is 11.8 Å². The Morgan fingerprint density at radius 2 is 2.10 bits per heavy atom. The van der Waals surface area contributed by atoms with Crippen molar-refractivity contribution in [2.45, 2.75) is 44.2 Å². The zero-order chi connectivity index (χ0) is 15.6. The molecule has 2 rings (SSSR count). The van der Waals surface area contributed by atoms with Crippen molar-refractivity contribution in [2.24, 2.45) is 11.7 Å². The lowest BCUT2D eigenvalue weighted by Gasteiger charge is -2.39. The number of nitrogens with two attached hydrogens (primary N) is 1. The second-order valence-electron chi connectivity index (χ2n) is 6.04. The van der Waals surface area contributed by atoms with Crippen molar-refractivity contribution in [1.82, 2.24) is 10.2 Å². The normalized spacial score (nSPS) is 25.6. The number of ether oxygens (including phenoxy) is 1. The molecule has 2 saturated heterocycles. The Morgan fingerprint density at radius 3 is 2.62 bits per heavy atom. The van der Waals surface area contributed by atoms with Crippen LogP contribution in [0.4, 0.5) is 0 Å². The van der Waals surface area contributed by atoms with Crippen molar-refractivity contribution in [3.63, 3.8) is 0 Å². The SMILES string of the molecule is COC(=O)[C@@H](N)C[C@H]1CC2(CCN(C(C)=O)CC2)NC1=O. The maximum absolute atomic E-state index is 12.1. The number of carbonyl (C=O) groups is 3. The predicted octanol–water partition coefficient (Wildman–Crippen LogP) is -0.606. The highest BCUT2D eigenvalue weighted by atomic mass is 16.5. The van der Waals surface area contributed by atoms with Gasteiger partial charge in [-0.2, -0.15) is 0 Å². The van der Waals surface area contributed by atoms with E-state index in [-0.39, 0.29) is 23.3 Å². The van der Waals surface area contributed by atoms with Gasteiger partial charge in [0.25, 0.3) is 0 Å². The summed E-state index contributed by atoms with van der Waals surface area (Å²) in [5.74, 6) is -0.734. The minimum absolute atomic E-state index is 0.0503. The fourth-order valence-electron chi connectivity index (χ4n) is 3.30. The monoisotopic (exact) mass is 297 g/mol. The molecule has 2 amide bonds. The summed E-state index contributed by atoms with van der Waals surface area (Å²) in [5, 5.41) is 3.06. The third-order valence-electron chi connectivity index (χ3n) is 4.60. The van der Waals surface area contributed by atoms with Gasteiger partial charge in [-0.15, -0.1) is 0 Å². The minimum atomic E-state index is -0.766. The molecule has 3 N–H and O–H groups in total. The van der Waals surface area contributed by atoms with Crippen LogP contribution in [0.25, 0.3) is 0 Å². The van der Waals surface area contributed by atoms with Crippen LogP contribution < -0.4 is 11.1 Å². The first-order chi connectivity index (χ1) is 9.87. The fraction of sp³-hybridized carbons (Fsp3) is 0.786. The van der Waals surface area contributed by atoms with Crippen LogP contribution in [0.5, 0.6) is 0 Å². The van der Waals surface area contributed by atoms with Crippen LogP contribution in [-0.4, -0.2) is 54.5 Å². The van der Waals surface area contributed by atoms with Crippen LogP contribution >= 0.6 is 0 Å². The van der Waals surface area contributed by atoms with Crippen molar-refractivity contribution in [3.05, 3.63) is 0 Å². The average molecular weight is 297 g/mol. The molecule has 1 spiro atoms. The van der Waals surface area contributed by atoms with Crippen LogP contribution in [0.3, 0.4) is 0 Å². The molecule has 2 aliphatic rings. The smallest absolute Gasteiger partial charge is 0.322 e. The lowest BCUT2D eigenvalue weighted by atomic mass is 9.82. The summed E-state index contributed by atoms with van der Waals surface area (Å²) in [4.78, 5) is 36.6. The summed E-state index contributed by atoms with van der Waals surface area (Å²) in [7, 11) is 1.29. The summed E-state index contributed by atoms with van der Waals surface area (Å²) in [6, 6.07) is -0.766. The second kappa shape index (κ2) is 6.01. The van der Waals surface area contributed by atoms with E-state index >= 15 is 0 Å². The maximum Gasteiger partial charge on any atom is 0.322 e. The van der Waals surface area contributed by atoms with E-state index < -0.39 is 12.0 Å². The number of piperidine rings is 1. The number of hydrogen-bond donors (Lipinski definition) is 2. The number of likely N-dealkylation sites (tertiary alicyclic amines) is 1. The van der Waals surface area contributed by atoms with E-state index in [4.69, 9.17) is 5.73 Å². The molecule has 2 heterocycles. The third-order valence-corrected chi connectivity index (χ3v) is 4.60. The molecule has 2 aliphatic heterocycles. The van der Waals surface area contributed by atoms with Crippen molar-refractivity contribution >= 4 is 17.8 Å². The van der Waals surface area contributed by atoms with Gasteiger partial charge in [-0.05, 0) is 25.7 Å². The predicted molar refractivity (Wildman–Crippen MR) is 75.1 cm³/mol. The number of esters is 1. The van der Waals surface area contributed by atoms with Crippen LogP contribution in [0, 0.1) is 5.92 Å². The fourth-order valence-corrected chi connectivity index (χ4v) is 3.30. The summed E-state index contributed by atoms with van der Waals surface area (Å²) < 4.78 is 4.60. The van der Waals surface area contributed by atoms with Gasteiger partial charge in [-0.3, -0.25) is 14.4 Å². The molecule has 0 aromatic heterocycles. The second-order valence-corrected chi connectivity index (χ2v) is 6.04. The zero-order valence-electron chi connectivity index (χ0n) is 12.6. The molecule has 0 radical (unpaired) electrons. The van der Waals surface area contributed by atoms with Gasteiger partial charge in [0.1, 0.15) is 6.04 Å². The standard InChI is InChI=1S/C14H23N3O4/c1-9(18)17-5-3-14(4-6-17)8-10(12(19)16-14)7-11(15)13(20)21-2/h10-11H,3-8,15H2,1-2H3,(H,16,19)/t10-,11-/m0/s1. The Balaban J connectivity index is 1.94. The van der Waals surface area contributed by atoms with Gasteiger partial charge in [0.2, 0.25) is 11.8 Å². The summed E-state index contributed by atoms with van der Waals surface area (Å²) in [6.45, 7) is 2.88. The Bertz CT molecular complexity index is 444. The molecule has 0 aromatic carbocycles. The van der Waals surface area contributed by atoms with Gasteiger partial charge in [0.05, 0.1) is 7.11 Å². The lowest BCUT2D eigenvalue weighted by Crippen LogP contribution is -2.51. The molecule has 118 valence electrons. The van der Waals surface area contributed by atoms with Crippen molar-refractivity contribution in [2.75, 3.05) is 20.2 Å². The topological polar surface area (TPSA) is 102 Å². The number of rotatable bonds is 3. The van der Waals surface area contributed by atoms with Crippen LogP contribution in [0.1, 0.15) is 32.6 Å². The van der Waals surface area contributed by atoms with E-state index in [1.807, 2.05) is 0 Å². The Morgan fingerprint density at radius 1 is 1.48 bits per heavy atom. The maximum atomic E-state index is 12.1. The molecule has 0 saturated carbocycles. The first-order valence-electron chi connectivity index (χ1n) is 7.28. The van der Waals surface area contributed by atoms with Gasteiger partial charge in [0.15, 0.2) is 0 Å². The molecule has 21 heavy (non-hydrogen) atoms. The molecule has 0 aliphatic carbocycles. The van der Waals surface area contributed by atoms with E-state index in [0.29, 0.717) is 25.9 Å². The van der Waals surface area contributed by atoms with Crippen LogP contribution in [-0.2, 0) is 19.1 Å². The third kappa shape index (κ3) is 3.34. The van der Waals surface area contributed by atoms with Crippen LogP contribution in [0.2, 0.25) is 0 Å². The van der Waals surface area contributed by atoms with Gasteiger partial charge >= 0.3 is 5.97 Å². The van der Waals surface area contributed by atoms with E-state index in [9.17, 15) is 14.4 Å². The number of carbonyl (C=O) groups excluding carboxylic acids is 3. The summed E-state index contributed by atoms with van der Waals surface area (Å²) in [5.41, 5.74) is 5.50. The molecular formula is C14H23N3O4. The Hall–Kier alpha value is -1.63. The van der Waals surface area contributed by atoms with Gasteiger partial charge in [-0.25, -0.2) is 0 Å². The first-order valence-corrected chi connectivity index (χ1v) is 7.28. The lowest BCUT2D eigenvalue weighted by molar-refractivity contribution is -0.142. The Labute approximate surface area is 124 Å². The number of amides is 2. The molecular weight excluding hydrogens is 274 g/mol. The highest BCUT2D eigenvalue weighted by Crippen LogP contribution is 2.36. The molecule has 0 aromatic rings. The quantitative estimate of drug-likeness (QED) is 0.677. The van der Waals surface area contributed by atoms with Crippen molar-refractivity contribution in [3.8, 4) is 0 Å². The summed E-state index contributed by atoms with van der Waals surface area (Å²) >= 11 is 0. The van der Waals surface area contributed by atoms with E-state index in [0.717, 1.165) is 12.8 Å². The molecule has 0 unspecified atom stereocenters. The molecule has 7 heteroatoms. The molecule has 0 bridgehead atoms. The minimum Gasteiger partial charge on any atom is -0.468 e. The largest absolute Gasteiger partial charge is 0.468 e. The van der Waals surface area contributed by atoms with Gasteiger partial charge in [0, 0.05) is 31.5 Å². The highest BCUT2D eigenvalue weighted by Gasteiger charge is 2.46. The molecule has 7 nitrogen and oxygen atoms in total. The van der Waals surface area contributed by atoms with Crippen molar-refractivity contribution < 1.29 is 19.1 Å². The number of nitrogens with zero attached hydrogens (tertiary/aromatic N) is 1. The van der Waals surface area contributed by atoms with Crippen LogP contribution in [0.15, 0.2) is 0 Å². The summed E-state index contributed by atoms with van der Waals surface area (Å²) in [6.07, 6.45) is 2.48. The molecule has 2 atom stereocenters. The average Bonchev–Trinajstić information content (AvgIpc) is 2.74.